The summed E-state index contributed by atoms with van der Waals surface area (Å²) in [7, 11) is 0. The van der Waals surface area contributed by atoms with Gasteiger partial charge in [0.25, 0.3) is 5.56 Å². The smallest absolute Gasteiger partial charge is 0.316 e. The number of nitrogens with one attached hydrogen (secondary N) is 1. The molecule has 0 fully saturated rings. The fourth-order valence-corrected chi connectivity index (χ4v) is 3.86. The number of anilines is 1. The van der Waals surface area contributed by atoms with Crippen molar-refractivity contribution in [1.82, 2.24) is 19.5 Å². The maximum atomic E-state index is 13.7. The average Bonchev–Trinajstić information content (AvgIpc) is 2.83. The highest BCUT2D eigenvalue weighted by molar-refractivity contribution is 5.97. The van der Waals surface area contributed by atoms with Crippen LogP contribution in [-0.2, 0) is 17.4 Å². The van der Waals surface area contributed by atoms with Gasteiger partial charge in [-0.15, -0.1) is 0 Å². The number of aromatic nitrogens is 4. The van der Waals surface area contributed by atoms with Crippen molar-refractivity contribution in [1.29, 1.82) is 0 Å². The third kappa shape index (κ3) is 5.29. The van der Waals surface area contributed by atoms with E-state index in [0.717, 1.165) is 28.5 Å². The van der Waals surface area contributed by atoms with Crippen molar-refractivity contribution in [2.75, 3.05) is 5.32 Å². The van der Waals surface area contributed by atoms with E-state index < -0.39 is 46.6 Å². The van der Waals surface area contributed by atoms with Crippen molar-refractivity contribution in [3.05, 3.63) is 82.5 Å². The first kappa shape index (κ1) is 25.8. The van der Waals surface area contributed by atoms with E-state index in [0.29, 0.717) is 0 Å². The van der Waals surface area contributed by atoms with Gasteiger partial charge in [0.05, 0.1) is 16.6 Å². The van der Waals surface area contributed by atoms with Gasteiger partial charge >= 0.3 is 18.3 Å². The van der Waals surface area contributed by atoms with E-state index >= 15 is 0 Å². The molecule has 37 heavy (non-hydrogen) atoms. The minimum Gasteiger partial charge on any atom is -0.316 e. The van der Waals surface area contributed by atoms with Gasteiger partial charge in [-0.2, -0.15) is 26.3 Å². The Balaban J connectivity index is 2.00. The Kier molecular flexibility index (Phi) is 6.72. The molecule has 1 unspecified atom stereocenters. The number of fused-ring (bicyclic) bond motifs is 1. The molecule has 4 aromatic rings. The summed E-state index contributed by atoms with van der Waals surface area (Å²) in [5.74, 6) is -2.62. The molecule has 3 aromatic heterocycles. The minimum absolute atomic E-state index is 0.166. The van der Waals surface area contributed by atoms with Gasteiger partial charge in [-0.1, -0.05) is 30.3 Å². The van der Waals surface area contributed by atoms with Crippen LogP contribution in [0.3, 0.4) is 0 Å². The average molecular weight is 521 g/mol. The number of benzene rings is 1. The van der Waals surface area contributed by atoms with Crippen molar-refractivity contribution in [2.45, 2.75) is 31.7 Å². The number of hydrogen-bond donors (Lipinski definition) is 1. The van der Waals surface area contributed by atoms with E-state index in [1.807, 2.05) is 0 Å². The molecule has 0 aliphatic heterocycles. The minimum atomic E-state index is -5.22. The number of rotatable bonds is 5. The molecule has 1 aromatic carbocycles. The topological polar surface area (TPSA) is 89.8 Å². The van der Waals surface area contributed by atoms with Crippen molar-refractivity contribution in [2.24, 2.45) is 0 Å². The van der Waals surface area contributed by atoms with Crippen LogP contribution in [0.5, 0.6) is 0 Å². The van der Waals surface area contributed by atoms with Crippen molar-refractivity contribution in [3.63, 3.8) is 0 Å². The van der Waals surface area contributed by atoms with Gasteiger partial charge in [0.1, 0.15) is 5.69 Å². The van der Waals surface area contributed by atoms with Crippen LogP contribution in [0.4, 0.5) is 32.0 Å². The highest BCUT2D eigenvalue weighted by atomic mass is 19.4. The molecular formula is C24H17F6N5O2. The third-order valence-corrected chi connectivity index (χ3v) is 5.42. The number of carbonyl (C=O) groups excluding carboxylic acids is 1. The summed E-state index contributed by atoms with van der Waals surface area (Å²) >= 11 is 0. The number of carbonyl (C=O) groups is 1. The second-order valence-corrected chi connectivity index (χ2v) is 8.05. The van der Waals surface area contributed by atoms with E-state index in [2.05, 4.69) is 15.0 Å². The number of amides is 1. The highest BCUT2D eigenvalue weighted by Gasteiger charge is 2.40. The monoisotopic (exact) mass is 521 g/mol. The SMILES string of the molecule is CC(Cc1ccccc1)n1c(-c2ncccc2NC(=O)C(F)(F)F)nc2ccnc(C(F)(F)F)c2c1=O. The summed E-state index contributed by atoms with van der Waals surface area (Å²) in [6.45, 7) is 1.55. The molecule has 7 nitrogen and oxygen atoms in total. The number of pyridine rings is 2. The predicted molar refractivity (Wildman–Crippen MR) is 122 cm³/mol. The molecule has 3 heterocycles. The zero-order valence-corrected chi connectivity index (χ0v) is 18.9. The lowest BCUT2D eigenvalue weighted by Gasteiger charge is -2.22. The van der Waals surface area contributed by atoms with Gasteiger partial charge in [0.15, 0.2) is 11.5 Å². The number of halogens is 6. The van der Waals surface area contributed by atoms with Crippen molar-refractivity contribution >= 4 is 22.5 Å². The lowest BCUT2D eigenvalue weighted by Crippen LogP contribution is -2.32. The molecule has 0 spiro atoms. The molecule has 0 saturated carbocycles. The molecule has 13 heteroatoms. The maximum absolute atomic E-state index is 13.7. The summed E-state index contributed by atoms with van der Waals surface area (Å²) in [5, 5.41) is 0.898. The second kappa shape index (κ2) is 9.64. The lowest BCUT2D eigenvalue weighted by atomic mass is 10.1. The summed E-state index contributed by atoms with van der Waals surface area (Å²) in [4.78, 5) is 36.8. The van der Waals surface area contributed by atoms with Gasteiger partial charge in [-0.3, -0.25) is 24.1 Å². The molecule has 192 valence electrons. The lowest BCUT2D eigenvalue weighted by molar-refractivity contribution is -0.167. The fourth-order valence-electron chi connectivity index (χ4n) is 3.86. The summed E-state index contributed by atoms with van der Waals surface area (Å²) in [6, 6.07) is 11.3. The van der Waals surface area contributed by atoms with Crippen molar-refractivity contribution in [3.8, 4) is 11.5 Å². The van der Waals surface area contributed by atoms with Crippen LogP contribution in [0.1, 0.15) is 24.2 Å². The largest absolute Gasteiger partial charge is 0.471 e. The first-order valence-electron chi connectivity index (χ1n) is 10.7. The molecule has 4 rings (SSSR count). The van der Waals surface area contributed by atoms with Gasteiger partial charge < -0.3 is 5.32 Å². The number of alkyl halides is 6. The van der Waals surface area contributed by atoms with Crippen LogP contribution >= 0.6 is 0 Å². The van der Waals surface area contributed by atoms with E-state index in [4.69, 9.17) is 0 Å². The van der Waals surface area contributed by atoms with Gasteiger partial charge in [-0.25, -0.2) is 4.98 Å². The molecule has 1 amide bonds. The highest BCUT2D eigenvalue weighted by Crippen LogP contribution is 2.34. The van der Waals surface area contributed by atoms with E-state index in [1.165, 1.54) is 12.3 Å². The molecule has 0 saturated heterocycles. The third-order valence-electron chi connectivity index (χ3n) is 5.42. The summed E-state index contributed by atoms with van der Waals surface area (Å²) in [6.07, 6.45) is -8.02. The Hall–Kier alpha value is -4.29. The standard InChI is InChI=1S/C24H17F6N5O2/c1-13(12-14-6-3-2-4-7-14)35-20(18-16(8-5-10-31-18)34-22(37)24(28,29)30)33-15-9-11-32-19(23(25,26)27)17(15)21(35)36/h2-11,13H,12H2,1H3,(H,34,37). The normalized spacial score (nSPS) is 12.9. The van der Waals surface area contributed by atoms with E-state index in [1.54, 1.807) is 42.6 Å². The van der Waals surface area contributed by atoms with Crippen LogP contribution in [0.25, 0.3) is 22.4 Å². The molecule has 0 radical (unpaired) electrons. The number of nitrogens with zero attached hydrogens (tertiary/aromatic N) is 4. The Bertz CT molecular complexity index is 1520. The van der Waals surface area contributed by atoms with E-state index in [-0.39, 0.29) is 23.5 Å². The quantitative estimate of drug-likeness (QED) is 0.366. The van der Waals surface area contributed by atoms with Gasteiger partial charge in [0, 0.05) is 18.4 Å². The van der Waals surface area contributed by atoms with Crippen LogP contribution in [-0.4, -0.2) is 31.6 Å². The molecule has 0 aliphatic carbocycles. The summed E-state index contributed by atoms with van der Waals surface area (Å²) < 4.78 is 80.9. The molecule has 0 bridgehead atoms. The fraction of sp³-hybridized carbons (Fsp3) is 0.208. The number of hydrogen-bond acceptors (Lipinski definition) is 5. The van der Waals surface area contributed by atoms with Crippen molar-refractivity contribution < 1.29 is 31.1 Å². The molecule has 1 atom stereocenters. The van der Waals surface area contributed by atoms with Gasteiger partial charge in [-0.05, 0) is 37.1 Å². The molecular weight excluding hydrogens is 504 g/mol. The zero-order chi connectivity index (χ0) is 27.0. The first-order valence-corrected chi connectivity index (χ1v) is 10.7. The van der Waals surface area contributed by atoms with Crippen LogP contribution in [0.15, 0.2) is 65.7 Å². The second-order valence-electron chi connectivity index (χ2n) is 8.05. The Morgan fingerprint density at radius 1 is 0.973 bits per heavy atom. The Labute approximate surface area is 204 Å². The summed E-state index contributed by atoms with van der Waals surface area (Å²) in [5.41, 5.74) is -2.96. The van der Waals surface area contributed by atoms with Crippen LogP contribution < -0.4 is 10.9 Å². The van der Waals surface area contributed by atoms with E-state index in [9.17, 15) is 35.9 Å². The Morgan fingerprint density at radius 3 is 2.32 bits per heavy atom. The first-order chi connectivity index (χ1) is 17.4. The van der Waals surface area contributed by atoms with Crippen LogP contribution in [0.2, 0.25) is 0 Å². The molecule has 0 aliphatic rings. The molecule has 1 N–H and O–H groups in total. The predicted octanol–water partition coefficient (Wildman–Crippen LogP) is 5.18. The zero-order valence-electron chi connectivity index (χ0n) is 18.9. The Morgan fingerprint density at radius 2 is 1.68 bits per heavy atom. The van der Waals surface area contributed by atoms with Crippen LogP contribution in [0, 0.1) is 0 Å². The van der Waals surface area contributed by atoms with Gasteiger partial charge in [0.2, 0.25) is 0 Å². The maximum Gasteiger partial charge on any atom is 0.471 e.